The number of nitrogens with one attached hydrogen (secondary N) is 1. The molecule has 2 heterocycles. The first-order valence-corrected chi connectivity index (χ1v) is 5.18. The Hall–Kier alpha value is -1.33. The van der Waals surface area contributed by atoms with E-state index in [9.17, 15) is 0 Å². The summed E-state index contributed by atoms with van der Waals surface area (Å²) >= 11 is 5.43. The maximum Gasteiger partial charge on any atom is 0.116 e. The van der Waals surface area contributed by atoms with Gasteiger partial charge in [-0.2, -0.15) is 0 Å². The van der Waals surface area contributed by atoms with Gasteiger partial charge in [0.25, 0.3) is 0 Å². The quantitative estimate of drug-likeness (QED) is 0.639. The average molecular weight is 218 g/mol. The molecule has 1 aliphatic heterocycles. The summed E-state index contributed by atoms with van der Waals surface area (Å²) in [4.78, 5) is 11.3. The molecule has 0 spiro atoms. The number of thiocarbonyl (C=S) groups is 1. The first-order chi connectivity index (χ1) is 7.27. The Labute approximate surface area is 93.0 Å². The van der Waals surface area contributed by atoms with Crippen LogP contribution in [0.2, 0.25) is 0 Å². The van der Waals surface area contributed by atoms with Gasteiger partial charge in [-0.25, -0.2) is 9.97 Å². The van der Waals surface area contributed by atoms with Crippen molar-refractivity contribution in [2.45, 2.75) is 6.04 Å². The molecule has 4 nitrogen and oxygen atoms in total. The zero-order valence-corrected chi connectivity index (χ0v) is 9.08. The first kappa shape index (κ1) is 8.94. The summed E-state index contributed by atoms with van der Waals surface area (Å²) in [5, 5.41) is 3.35. The van der Waals surface area contributed by atoms with Crippen molar-refractivity contribution in [3.8, 4) is 0 Å². The zero-order valence-electron chi connectivity index (χ0n) is 8.27. The molecule has 0 amide bonds. The lowest BCUT2D eigenvalue weighted by atomic mass is 9.97. The van der Waals surface area contributed by atoms with Crippen molar-refractivity contribution in [1.82, 2.24) is 20.2 Å². The van der Waals surface area contributed by atoms with Crippen molar-refractivity contribution in [2.24, 2.45) is 0 Å². The van der Waals surface area contributed by atoms with Crippen LogP contribution in [0.15, 0.2) is 18.2 Å². The highest BCUT2D eigenvalue weighted by Gasteiger charge is 2.33. The molecule has 1 aromatic heterocycles. The van der Waals surface area contributed by atoms with Gasteiger partial charge in [0, 0.05) is 24.5 Å². The van der Waals surface area contributed by atoms with Crippen molar-refractivity contribution in [3.63, 3.8) is 0 Å². The van der Waals surface area contributed by atoms with Gasteiger partial charge in [-0.05, 0) is 6.08 Å². The zero-order chi connectivity index (χ0) is 10.4. The van der Waals surface area contributed by atoms with Crippen LogP contribution < -0.4 is 5.32 Å². The summed E-state index contributed by atoms with van der Waals surface area (Å²) in [6.07, 6.45) is 5.46. The highest BCUT2D eigenvalue weighted by molar-refractivity contribution is 7.81. The van der Waals surface area contributed by atoms with Gasteiger partial charge in [-0.3, -0.25) is 5.32 Å². The Kier molecular flexibility index (Phi) is 1.83. The van der Waals surface area contributed by atoms with Gasteiger partial charge in [0.1, 0.15) is 6.33 Å². The number of rotatable bonds is 0. The van der Waals surface area contributed by atoms with Crippen LogP contribution in [0, 0.1) is 0 Å². The second kappa shape index (κ2) is 3.08. The summed E-state index contributed by atoms with van der Waals surface area (Å²) in [6.45, 7) is 0.831. The average Bonchev–Trinajstić information content (AvgIpc) is 2.62. The minimum atomic E-state index is 0.146. The Morgan fingerprint density at radius 2 is 2.47 bits per heavy atom. The third kappa shape index (κ3) is 1.20. The number of hydrogen-bond acceptors (Lipinski definition) is 5. The van der Waals surface area contributed by atoms with Crippen LogP contribution in [0.5, 0.6) is 0 Å². The molecule has 2 aliphatic rings. The van der Waals surface area contributed by atoms with Gasteiger partial charge in [0.15, 0.2) is 0 Å². The number of nitrogens with zero attached hydrogens (tertiary/aromatic N) is 3. The van der Waals surface area contributed by atoms with Crippen molar-refractivity contribution in [3.05, 3.63) is 29.5 Å². The fourth-order valence-corrected chi connectivity index (χ4v) is 2.39. The summed E-state index contributed by atoms with van der Waals surface area (Å²) in [6, 6.07) is 0.146. The predicted octanol–water partition coefficient (Wildman–Crippen LogP) is 0.410. The smallest absolute Gasteiger partial charge is 0.116 e. The first-order valence-electron chi connectivity index (χ1n) is 4.77. The fourth-order valence-electron chi connectivity index (χ4n) is 2.01. The maximum atomic E-state index is 5.43. The molecule has 5 heteroatoms. The molecule has 3 rings (SSSR count). The van der Waals surface area contributed by atoms with Crippen molar-refractivity contribution >= 4 is 23.2 Å². The van der Waals surface area contributed by atoms with Gasteiger partial charge in [-0.15, -0.1) is 0 Å². The van der Waals surface area contributed by atoms with Gasteiger partial charge >= 0.3 is 0 Å². The predicted molar refractivity (Wildman–Crippen MR) is 61.3 cm³/mol. The highest BCUT2D eigenvalue weighted by Crippen LogP contribution is 2.27. The van der Waals surface area contributed by atoms with Crippen LogP contribution in [0.1, 0.15) is 11.3 Å². The van der Waals surface area contributed by atoms with Crippen LogP contribution in [0.4, 0.5) is 0 Å². The number of hydrogen-bond donors (Lipinski definition) is 1. The molecule has 1 aromatic rings. The minimum absolute atomic E-state index is 0.146. The molecule has 0 saturated carbocycles. The molecule has 15 heavy (non-hydrogen) atoms. The molecule has 0 radical (unpaired) electrons. The Morgan fingerprint density at radius 1 is 1.60 bits per heavy atom. The van der Waals surface area contributed by atoms with Gasteiger partial charge < -0.3 is 4.90 Å². The molecule has 76 valence electrons. The molecule has 1 atom stereocenters. The maximum absolute atomic E-state index is 5.43. The van der Waals surface area contributed by atoms with Gasteiger partial charge in [0.2, 0.25) is 0 Å². The van der Waals surface area contributed by atoms with E-state index in [2.05, 4.69) is 33.3 Å². The van der Waals surface area contributed by atoms with Crippen LogP contribution >= 0.6 is 12.2 Å². The lowest BCUT2D eigenvalue weighted by Crippen LogP contribution is -2.34. The Balaban J connectivity index is 2.19. The van der Waals surface area contributed by atoms with E-state index in [0.717, 1.165) is 22.8 Å². The van der Waals surface area contributed by atoms with Crippen LogP contribution in [-0.2, 0) is 0 Å². The van der Waals surface area contributed by atoms with E-state index in [1.807, 2.05) is 6.20 Å². The van der Waals surface area contributed by atoms with Crippen molar-refractivity contribution in [2.75, 3.05) is 13.7 Å². The lowest BCUT2D eigenvalue weighted by molar-refractivity contribution is 0.469. The molecule has 0 aromatic carbocycles. The summed E-state index contributed by atoms with van der Waals surface area (Å²) < 4.78 is 0. The Morgan fingerprint density at radius 3 is 3.33 bits per heavy atom. The van der Waals surface area contributed by atoms with Crippen LogP contribution in [0.3, 0.4) is 0 Å². The van der Waals surface area contributed by atoms with E-state index in [0.29, 0.717) is 0 Å². The molecule has 1 unspecified atom stereocenters. The summed E-state index contributed by atoms with van der Waals surface area (Å²) in [7, 11) is 2.05. The SMILES string of the molecule is CN1CNC2C(=S)c3ncncc3C=C21. The molecular weight excluding hydrogens is 208 g/mol. The van der Waals surface area contributed by atoms with Gasteiger partial charge in [0.05, 0.1) is 23.3 Å². The molecule has 1 fully saturated rings. The van der Waals surface area contributed by atoms with Crippen LogP contribution in [-0.4, -0.2) is 39.5 Å². The topological polar surface area (TPSA) is 41.0 Å². The molecule has 0 bridgehead atoms. The minimum Gasteiger partial charge on any atom is -0.363 e. The third-order valence-electron chi connectivity index (χ3n) is 2.81. The monoisotopic (exact) mass is 218 g/mol. The van der Waals surface area contributed by atoms with E-state index in [1.165, 1.54) is 5.70 Å². The fraction of sp³-hybridized carbons (Fsp3) is 0.300. The van der Waals surface area contributed by atoms with E-state index in [4.69, 9.17) is 12.2 Å². The highest BCUT2D eigenvalue weighted by atomic mass is 32.1. The standard InChI is InChI=1S/C10H10N4S/c1-14-5-13-9-7(14)2-6-3-11-4-12-8(6)10(9)15/h2-4,9,13H,5H2,1H3. The molecule has 1 N–H and O–H groups in total. The van der Waals surface area contributed by atoms with E-state index >= 15 is 0 Å². The second-order valence-electron chi connectivity index (χ2n) is 3.75. The largest absolute Gasteiger partial charge is 0.363 e. The Bertz CT molecular complexity index is 468. The number of likely N-dealkylation sites (N-methyl/N-ethyl adjacent to an activating group) is 1. The number of aromatic nitrogens is 2. The summed E-state index contributed by atoms with van der Waals surface area (Å²) in [5.74, 6) is 0. The van der Waals surface area contributed by atoms with Crippen molar-refractivity contribution in [1.29, 1.82) is 0 Å². The van der Waals surface area contributed by atoms with E-state index in [1.54, 1.807) is 6.33 Å². The lowest BCUT2D eigenvalue weighted by Gasteiger charge is -2.22. The second-order valence-corrected chi connectivity index (χ2v) is 4.19. The van der Waals surface area contributed by atoms with E-state index in [-0.39, 0.29) is 6.04 Å². The normalized spacial score (nSPS) is 23.5. The molecular formula is C10H10N4S. The summed E-state index contributed by atoms with van der Waals surface area (Å²) in [5.41, 5.74) is 3.11. The molecule has 1 saturated heterocycles. The number of fused-ring (bicyclic) bond motifs is 2. The van der Waals surface area contributed by atoms with Crippen molar-refractivity contribution < 1.29 is 0 Å². The third-order valence-corrected chi connectivity index (χ3v) is 3.24. The molecule has 1 aliphatic carbocycles. The van der Waals surface area contributed by atoms with E-state index < -0.39 is 0 Å². The van der Waals surface area contributed by atoms with Gasteiger partial charge in [-0.1, -0.05) is 12.2 Å². The van der Waals surface area contributed by atoms with Crippen LogP contribution in [0.25, 0.3) is 6.08 Å².